The number of fused-ring (bicyclic) bond motifs is 1. The number of carbonyl (C=O) groups is 1. The Bertz CT molecular complexity index is 1130. The zero-order valence-corrected chi connectivity index (χ0v) is 16.9. The maximum absolute atomic E-state index is 12.9. The molecule has 4 rings (SSSR count). The topological polar surface area (TPSA) is 62.2 Å². The van der Waals surface area contributed by atoms with Gasteiger partial charge in [-0.2, -0.15) is 0 Å². The summed E-state index contributed by atoms with van der Waals surface area (Å²) in [6.45, 7) is 0. The molecule has 1 aromatic heterocycles. The highest BCUT2D eigenvalue weighted by Crippen LogP contribution is 2.36. The summed E-state index contributed by atoms with van der Waals surface area (Å²) in [6.07, 6.45) is 0.308. The van der Waals surface area contributed by atoms with Gasteiger partial charge in [0.25, 0.3) is 0 Å². The van der Waals surface area contributed by atoms with Crippen molar-refractivity contribution in [2.24, 2.45) is 0 Å². The van der Waals surface area contributed by atoms with Gasteiger partial charge >= 0.3 is 0 Å². The van der Waals surface area contributed by atoms with Gasteiger partial charge in [-0.1, -0.05) is 12.1 Å². The highest BCUT2D eigenvalue weighted by atomic mass is 32.2. The normalized spacial score (nSPS) is 10.9. The average molecular weight is 425 g/mol. The number of halogens is 1. The fourth-order valence-corrected chi connectivity index (χ4v) is 4.64. The summed E-state index contributed by atoms with van der Waals surface area (Å²) in [5, 5.41) is 13.9. The number of benzene rings is 3. The summed E-state index contributed by atoms with van der Waals surface area (Å²) in [6, 6.07) is 19.0. The first-order chi connectivity index (χ1) is 14.1. The van der Waals surface area contributed by atoms with Crippen LogP contribution in [0, 0.1) is 5.82 Å². The largest absolute Gasteiger partial charge is 0.507 e. The average Bonchev–Trinajstić information content (AvgIpc) is 3.13. The van der Waals surface area contributed by atoms with Crippen LogP contribution in [0.5, 0.6) is 5.75 Å². The van der Waals surface area contributed by atoms with E-state index >= 15 is 0 Å². The van der Waals surface area contributed by atoms with Gasteiger partial charge in [-0.3, -0.25) is 4.79 Å². The standard InChI is InChI=1S/C22H17FN2O2S2/c23-14-5-8-16(9-6-14)28-12-11-21(27)24-15-7-10-17(19(26)13-15)22-25-18-3-1-2-4-20(18)29-22/h1-10,13,26H,11-12H2,(H,24,27). The first-order valence-electron chi connectivity index (χ1n) is 8.96. The second kappa shape index (κ2) is 8.63. The van der Waals surface area contributed by atoms with E-state index in [1.54, 1.807) is 24.3 Å². The van der Waals surface area contributed by atoms with Crippen LogP contribution in [0.1, 0.15) is 6.42 Å². The van der Waals surface area contributed by atoms with Gasteiger partial charge in [0.15, 0.2) is 0 Å². The number of thiazole rings is 1. The number of nitrogens with one attached hydrogen (secondary N) is 1. The van der Waals surface area contributed by atoms with E-state index in [1.165, 1.54) is 41.3 Å². The van der Waals surface area contributed by atoms with Crippen LogP contribution in [0.2, 0.25) is 0 Å². The molecule has 3 aromatic carbocycles. The Morgan fingerprint density at radius 1 is 1.10 bits per heavy atom. The van der Waals surface area contributed by atoms with E-state index in [0.29, 0.717) is 23.4 Å². The quantitative estimate of drug-likeness (QED) is 0.377. The molecule has 4 aromatic rings. The molecule has 0 saturated carbocycles. The number of nitrogens with zero attached hydrogens (tertiary/aromatic N) is 1. The minimum absolute atomic E-state index is 0.0718. The van der Waals surface area contributed by atoms with E-state index < -0.39 is 0 Å². The highest BCUT2D eigenvalue weighted by molar-refractivity contribution is 7.99. The third kappa shape index (κ3) is 4.75. The van der Waals surface area contributed by atoms with Gasteiger partial charge in [0.1, 0.15) is 16.6 Å². The fraction of sp³-hybridized carbons (Fsp3) is 0.0909. The fourth-order valence-electron chi connectivity index (χ4n) is 2.79. The molecule has 0 aliphatic carbocycles. The zero-order chi connectivity index (χ0) is 20.2. The molecular weight excluding hydrogens is 407 g/mol. The van der Waals surface area contributed by atoms with Gasteiger partial charge in [-0.25, -0.2) is 9.37 Å². The summed E-state index contributed by atoms with van der Waals surface area (Å²) >= 11 is 3.00. The van der Waals surface area contributed by atoms with Crippen LogP contribution in [0.25, 0.3) is 20.8 Å². The zero-order valence-electron chi connectivity index (χ0n) is 15.3. The van der Waals surface area contributed by atoms with E-state index in [4.69, 9.17) is 0 Å². The van der Waals surface area contributed by atoms with Crippen LogP contribution < -0.4 is 5.32 Å². The van der Waals surface area contributed by atoms with Crippen LogP contribution in [0.4, 0.5) is 10.1 Å². The van der Waals surface area contributed by atoms with E-state index in [0.717, 1.165) is 20.1 Å². The third-order valence-electron chi connectivity index (χ3n) is 4.22. The van der Waals surface area contributed by atoms with Gasteiger partial charge in [-0.05, 0) is 48.5 Å². The van der Waals surface area contributed by atoms with Crippen molar-refractivity contribution in [3.8, 4) is 16.3 Å². The molecule has 0 saturated heterocycles. The number of hydrogen-bond acceptors (Lipinski definition) is 5. The lowest BCUT2D eigenvalue weighted by molar-refractivity contribution is -0.115. The lowest BCUT2D eigenvalue weighted by atomic mass is 10.2. The van der Waals surface area contributed by atoms with Crippen molar-refractivity contribution in [2.45, 2.75) is 11.3 Å². The van der Waals surface area contributed by atoms with Crippen molar-refractivity contribution in [1.82, 2.24) is 4.98 Å². The Hall–Kier alpha value is -2.90. The monoisotopic (exact) mass is 424 g/mol. The second-order valence-corrected chi connectivity index (χ2v) is 8.52. The number of amides is 1. The van der Waals surface area contributed by atoms with Crippen LogP contribution in [0.15, 0.2) is 71.6 Å². The Labute approximate surface area is 175 Å². The molecule has 0 bridgehead atoms. The van der Waals surface area contributed by atoms with Crippen molar-refractivity contribution >= 4 is 44.9 Å². The third-order valence-corrected chi connectivity index (χ3v) is 6.30. The van der Waals surface area contributed by atoms with Crippen LogP contribution in [0.3, 0.4) is 0 Å². The second-order valence-electron chi connectivity index (χ2n) is 6.32. The molecule has 0 aliphatic heterocycles. The van der Waals surface area contributed by atoms with Gasteiger partial charge in [0.05, 0.1) is 15.8 Å². The Morgan fingerprint density at radius 2 is 1.90 bits per heavy atom. The molecule has 0 radical (unpaired) electrons. The molecule has 1 amide bonds. The van der Waals surface area contributed by atoms with E-state index in [2.05, 4.69) is 10.3 Å². The number of thioether (sulfide) groups is 1. The molecule has 2 N–H and O–H groups in total. The first-order valence-corrected chi connectivity index (χ1v) is 10.8. The summed E-state index contributed by atoms with van der Waals surface area (Å²) in [4.78, 5) is 17.6. The number of phenolic OH excluding ortho intramolecular Hbond substituents is 1. The smallest absolute Gasteiger partial charge is 0.225 e. The van der Waals surface area contributed by atoms with Crippen LogP contribution in [-0.4, -0.2) is 21.8 Å². The van der Waals surface area contributed by atoms with E-state index in [-0.39, 0.29) is 17.5 Å². The van der Waals surface area contributed by atoms with Gasteiger partial charge in [0.2, 0.25) is 5.91 Å². The molecule has 0 spiro atoms. The molecule has 0 fully saturated rings. The number of phenols is 1. The Kier molecular flexibility index (Phi) is 5.78. The molecular formula is C22H17FN2O2S2. The molecule has 7 heteroatoms. The lowest BCUT2D eigenvalue weighted by Crippen LogP contribution is -2.12. The number of aromatic nitrogens is 1. The lowest BCUT2D eigenvalue weighted by Gasteiger charge is -2.08. The number of para-hydroxylation sites is 1. The van der Waals surface area contributed by atoms with Crippen molar-refractivity contribution in [2.75, 3.05) is 11.1 Å². The Balaban J connectivity index is 1.37. The van der Waals surface area contributed by atoms with Crippen molar-refractivity contribution < 1.29 is 14.3 Å². The van der Waals surface area contributed by atoms with Crippen LogP contribution >= 0.6 is 23.1 Å². The van der Waals surface area contributed by atoms with Crippen molar-refractivity contribution in [3.05, 3.63) is 72.5 Å². The summed E-state index contributed by atoms with van der Waals surface area (Å²) < 4.78 is 14.0. The maximum Gasteiger partial charge on any atom is 0.225 e. The maximum atomic E-state index is 12.9. The molecule has 29 heavy (non-hydrogen) atoms. The molecule has 0 unspecified atom stereocenters. The van der Waals surface area contributed by atoms with Gasteiger partial charge in [-0.15, -0.1) is 23.1 Å². The van der Waals surface area contributed by atoms with Gasteiger partial charge in [0, 0.05) is 28.8 Å². The number of rotatable bonds is 6. The van der Waals surface area contributed by atoms with Gasteiger partial charge < -0.3 is 10.4 Å². The predicted octanol–water partition coefficient (Wildman–Crippen LogP) is 5.93. The Morgan fingerprint density at radius 3 is 2.66 bits per heavy atom. The number of anilines is 1. The number of aromatic hydroxyl groups is 1. The number of carbonyl (C=O) groups excluding carboxylic acids is 1. The SMILES string of the molecule is O=C(CCSc1ccc(F)cc1)Nc1ccc(-c2nc3ccccc3s2)c(O)c1. The van der Waals surface area contributed by atoms with Crippen molar-refractivity contribution in [3.63, 3.8) is 0 Å². The molecule has 4 nitrogen and oxygen atoms in total. The minimum atomic E-state index is -0.277. The number of hydrogen-bond donors (Lipinski definition) is 2. The van der Waals surface area contributed by atoms with E-state index in [1.807, 2.05) is 24.3 Å². The highest BCUT2D eigenvalue weighted by Gasteiger charge is 2.12. The predicted molar refractivity (Wildman–Crippen MR) is 117 cm³/mol. The molecule has 146 valence electrons. The van der Waals surface area contributed by atoms with Crippen LogP contribution in [-0.2, 0) is 4.79 Å². The molecule has 0 aliphatic rings. The minimum Gasteiger partial charge on any atom is -0.507 e. The first kappa shape index (κ1) is 19.4. The summed E-state index contributed by atoms with van der Waals surface area (Å²) in [5.74, 6) is 0.225. The molecule has 0 atom stereocenters. The van der Waals surface area contributed by atoms with Crippen molar-refractivity contribution in [1.29, 1.82) is 0 Å². The summed E-state index contributed by atoms with van der Waals surface area (Å²) in [5.41, 5.74) is 2.06. The van der Waals surface area contributed by atoms with E-state index in [9.17, 15) is 14.3 Å². The summed E-state index contributed by atoms with van der Waals surface area (Å²) in [7, 11) is 0. The molecule has 1 heterocycles.